The molecule has 1 fully saturated rings. The maximum atomic E-state index is 4.60. The van der Waals surface area contributed by atoms with Crippen LogP contribution in [-0.2, 0) is 0 Å². The summed E-state index contributed by atoms with van der Waals surface area (Å²) in [5.74, 6) is 2.27. The van der Waals surface area contributed by atoms with Crippen molar-refractivity contribution < 1.29 is 0 Å². The summed E-state index contributed by atoms with van der Waals surface area (Å²) in [5, 5.41) is 18.4. The lowest BCUT2D eigenvalue weighted by molar-refractivity contribution is 0.130. The molecule has 2 unspecified atom stereocenters. The number of nitrogens with zero attached hydrogens (tertiary/aromatic N) is 5. The molecule has 4 rings (SSSR count). The number of aryl methyl sites for hydroxylation is 1. The average molecular weight is 342 g/mol. The second-order valence-corrected chi connectivity index (χ2v) is 7.44. The number of likely N-dealkylation sites (tertiary alicyclic amines) is 1. The van der Waals surface area contributed by atoms with E-state index >= 15 is 0 Å². The Hall–Kier alpha value is -1.99. The third-order valence-corrected chi connectivity index (χ3v) is 5.75. The van der Waals surface area contributed by atoms with Gasteiger partial charge in [0.05, 0.1) is 0 Å². The summed E-state index contributed by atoms with van der Waals surface area (Å²) in [6, 6.07) is 8.84. The fourth-order valence-electron chi connectivity index (χ4n) is 3.61. The highest BCUT2D eigenvalue weighted by molar-refractivity contribution is 7.10. The average Bonchev–Trinajstić information content (AvgIpc) is 3.23. The van der Waals surface area contributed by atoms with Gasteiger partial charge in [-0.3, -0.25) is 4.90 Å². The molecule has 1 aliphatic rings. The first-order valence-electron chi connectivity index (χ1n) is 8.39. The Bertz CT molecular complexity index is 812. The van der Waals surface area contributed by atoms with Gasteiger partial charge in [0.15, 0.2) is 11.5 Å². The van der Waals surface area contributed by atoms with Crippen molar-refractivity contribution in [2.45, 2.75) is 25.8 Å². The topological polar surface area (TPSA) is 58.4 Å². The van der Waals surface area contributed by atoms with Crippen LogP contribution in [0.4, 0.5) is 5.82 Å². The molecule has 1 N–H and O–H groups in total. The van der Waals surface area contributed by atoms with Crippen LogP contribution in [-0.4, -0.2) is 44.8 Å². The van der Waals surface area contributed by atoms with Gasteiger partial charge in [-0.1, -0.05) is 6.07 Å². The van der Waals surface area contributed by atoms with Gasteiger partial charge in [0.2, 0.25) is 0 Å². The Morgan fingerprint density at radius 2 is 2.21 bits per heavy atom. The summed E-state index contributed by atoms with van der Waals surface area (Å²) in [6.45, 7) is 4.01. The summed E-state index contributed by atoms with van der Waals surface area (Å²) in [6.07, 6.45) is 2.50. The van der Waals surface area contributed by atoms with E-state index in [2.05, 4.69) is 50.1 Å². The van der Waals surface area contributed by atoms with Crippen molar-refractivity contribution in [1.29, 1.82) is 0 Å². The van der Waals surface area contributed by atoms with E-state index in [0.29, 0.717) is 12.0 Å². The van der Waals surface area contributed by atoms with E-state index < -0.39 is 0 Å². The fourth-order valence-corrected chi connectivity index (χ4v) is 4.59. The van der Waals surface area contributed by atoms with Crippen LogP contribution in [0.5, 0.6) is 0 Å². The van der Waals surface area contributed by atoms with Crippen molar-refractivity contribution in [2.75, 3.05) is 25.5 Å². The Morgan fingerprint density at radius 3 is 3.04 bits per heavy atom. The monoisotopic (exact) mass is 342 g/mol. The van der Waals surface area contributed by atoms with Gasteiger partial charge >= 0.3 is 0 Å². The number of piperidine rings is 1. The lowest BCUT2D eigenvalue weighted by atomic mass is 9.88. The Labute approximate surface area is 145 Å². The summed E-state index contributed by atoms with van der Waals surface area (Å²) in [7, 11) is 2.24. The maximum Gasteiger partial charge on any atom is 0.178 e. The van der Waals surface area contributed by atoms with Gasteiger partial charge in [-0.05, 0) is 62.9 Å². The van der Waals surface area contributed by atoms with Crippen LogP contribution < -0.4 is 5.32 Å². The Morgan fingerprint density at radius 1 is 1.29 bits per heavy atom. The zero-order chi connectivity index (χ0) is 16.5. The Balaban J connectivity index is 1.51. The third kappa shape index (κ3) is 2.89. The molecule has 1 aliphatic heterocycles. The molecule has 3 aromatic rings. The second-order valence-electron chi connectivity index (χ2n) is 6.46. The van der Waals surface area contributed by atoms with Crippen molar-refractivity contribution in [3.05, 3.63) is 40.3 Å². The lowest BCUT2D eigenvalue weighted by Crippen LogP contribution is -2.38. The minimum absolute atomic E-state index is 0.492. The molecule has 0 amide bonds. The quantitative estimate of drug-likeness (QED) is 0.790. The van der Waals surface area contributed by atoms with Gasteiger partial charge < -0.3 is 5.32 Å². The van der Waals surface area contributed by atoms with E-state index in [4.69, 9.17) is 0 Å². The van der Waals surface area contributed by atoms with Gasteiger partial charge in [-0.2, -0.15) is 4.52 Å². The molecule has 4 heterocycles. The first-order chi connectivity index (χ1) is 11.7. The summed E-state index contributed by atoms with van der Waals surface area (Å²) < 4.78 is 1.78. The first-order valence-corrected chi connectivity index (χ1v) is 9.27. The lowest BCUT2D eigenvalue weighted by Gasteiger charge is -2.39. The first kappa shape index (κ1) is 15.5. The van der Waals surface area contributed by atoms with E-state index in [1.54, 1.807) is 4.52 Å². The molecule has 0 spiro atoms. The van der Waals surface area contributed by atoms with Crippen molar-refractivity contribution in [1.82, 2.24) is 24.7 Å². The van der Waals surface area contributed by atoms with Gasteiger partial charge in [-0.25, -0.2) is 0 Å². The van der Waals surface area contributed by atoms with Crippen molar-refractivity contribution in [3.63, 3.8) is 0 Å². The van der Waals surface area contributed by atoms with Gasteiger partial charge in [0.1, 0.15) is 5.82 Å². The third-order valence-electron chi connectivity index (χ3n) is 4.81. The molecular weight excluding hydrogens is 320 g/mol. The predicted octanol–water partition coefficient (Wildman–Crippen LogP) is 2.99. The van der Waals surface area contributed by atoms with Gasteiger partial charge in [0.25, 0.3) is 0 Å². The number of thiophene rings is 1. The molecule has 0 radical (unpaired) electrons. The van der Waals surface area contributed by atoms with E-state index in [-0.39, 0.29) is 0 Å². The van der Waals surface area contributed by atoms with Crippen LogP contribution in [0.3, 0.4) is 0 Å². The molecule has 2 atom stereocenters. The summed E-state index contributed by atoms with van der Waals surface area (Å²) in [5.41, 5.74) is 0.784. The van der Waals surface area contributed by atoms with Crippen LogP contribution in [0.1, 0.15) is 29.6 Å². The number of hydrogen-bond acceptors (Lipinski definition) is 6. The van der Waals surface area contributed by atoms with Crippen LogP contribution >= 0.6 is 11.3 Å². The predicted molar refractivity (Wildman–Crippen MR) is 96.4 cm³/mol. The second kappa shape index (κ2) is 6.49. The summed E-state index contributed by atoms with van der Waals surface area (Å²) in [4.78, 5) is 3.95. The molecule has 0 aliphatic carbocycles. The van der Waals surface area contributed by atoms with Crippen molar-refractivity contribution in [2.24, 2.45) is 5.92 Å². The standard InChI is InChI=1S/C17H22N6S/c1-12-19-20-16-8-7-15(21-23(12)16)18-11-13-5-3-9-22(2)17(13)14-6-4-10-24-14/h4,6-8,10,13,17H,3,5,9,11H2,1-2H3,(H,18,21). The highest BCUT2D eigenvalue weighted by Gasteiger charge is 2.31. The number of hydrogen-bond donors (Lipinski definition) is 1. The highest BCUT2D eigenvalue weighted by Crippen LogP contribution is 2.37. The minimum Gasteiger partial charge on any atom is -0.368 e. The maximum absolute atomic E-state index is 4.60. The van der Waals surface area contributed by atoms with E-state index in [9.17, 15) is 0 Å². The molecule has 7 heteroatoms. The molecule has 126 valence electrons. The van der Waals surface area contributed by atoms with Gasteiger partial charge in [-0.15, -0.1) is 26.6 Å². The number of nitrogens with one attached hydrogen (secondary N) is 1. The molecule has 1 saturated heterocycles. The summed E-state index contributed by atoms with van der Waals surface area (Å²) >= 11 is 1.86. The zero-order valence-electron chi connectivity index (χ0n) is 14.0. The number of anilines is 1. The molecule has 24 heavy (non-hydrogen) atoms. The van der Waals surface area contributed by atoms with Crippen LogP contribution in [0.25, 0.3) is 5.65 Å². The number of rotatable bonds is 4. The van der Waals surface area contributed by atoms with Crippen molar-refractivity contribution >= 4 is 22.8 Å². The molecule has 0 bridgehead atoms. The number of fused-ring (bicyclic) bond motifs is 1. The molecule has 0 saturated carbocycles. The van der Waals surface area contributed by atoms with Crippen LogP contribution in [0.15, 0.2) is 29.6 Å². The zero-order valence-corrected chi connectivity index (χ0v) is 14.8. The SMILES string of the molecule is Cc1nnc2ccc(NCC3CCCN(C)C3c3cccs3)nn12. The molecule has 0 aromatic carbocycles. The molecule has 6 nitrogen and oxygen atoms in total. The molecular formula is C17H22N6S. The van der Waals surface area contributed by atoms with E-state index in [0.717, 1.165) is 23.8 Å². The largest absolute Gasteiger partial charge is 0.368 e. The normalized spacial score (nSPS) is 22.1. The van der Waals surface area contributed by atoms with E-state index in [1.807, 2.05) is 30.4 Å². The highest BCUT2D eigenvalue weighted by atomic mass is 32.1. The van der Waals surface area contributed by atoms with E-state index in [1.165, 1.54) is 24.3 Å². The number of aromatic nitrogens is 4. The smallest absolute Gasteiger partial charge is 0.178 e. The molecule has 3 aromatic heterocycles. The fraction of sp³-hybridized carbons (Fsp3) is 0.471. The minimum atomic E-state index is 0.492. The van der Waals surface area contributed by atoms with Crippen LogP contribution in [0, 0.1) is 12.8 Å². The van der Waals surface area contributed by atoms with Gasteiger partial charge in [0, 0.05) is 17.5 Å². The van der Waals surface area contributed by atoms with Crippen LogP contribution in [0.2, 0.25) is 0 Å². The Kier molecular flexibility index (Phi) is 4.20. The van der Waals surface area contributed by atoms with Crippen molar-refractivity contribution in [3.8, 4) is 0 Å².